The van der Waals surface area contributed by atoms with Crippen LogP contribution in [0.4, 0.5) is 19.0 Å². The molecular weight excluding hydrogens is 417 g/mol. The molecule has 2 N–H and O–H groups in total. The summed E-state index contributed by atoms with van der Waals surface area (Å²) in [5.41, 5.74) is 2.58. The number of nitrogens with one attached hydrogen (secondary N) is 2. The summed E-state index contributed by atoms with van der Waals surface area (Å²) in [7, 11) is 0. The summed E-state index contributed by atoms with van der Waals surface area (Å²) >= 11 is 6.15. The average molecular weight is 433 g/mol. The quantitative estimate of drug-likeness (QED) is 0.376. The Morgan fingerprint density at radius 2 is 1.77 bits per heavy atom. The Morgan fingerprint density at radius 3 is 2.50 bits per heavy atom. The van der Waals surface area contributed by atoms with Gasteiger partial charge in [-0.2, -0.15) is 0 Å². The van der Waals surface area contributed by atoms with E-state index < -0.39 is 6.36 Å². The Balaban J connectivity index is 1.41. The fourth-order valence-electron chi connectivity index (χ4n) is 3.02. The number of alkyl halides is 3. The Bertz CT molecular complexity index is 1130. The number of H-pyrrole nitrogens is 1. The lowest BCUT2D eigenvalue weighted by Gasteiger charge is -2.10. The largest absolute Gasteiger partial charge is 0.573 e. The van der Waals surface area contributed by atoms with E-state index in [1.165, 1.54) is 12.1 Å². The minimum Gasteiger partial charge on any atom is -0.406 e. The van der Waals surface area contributed by atoms with Crippen molar-refractivity contribution in [2.24, 2.45) is 0 Å². The first kappa shape index (κ1) is 20.0. The van der Waals surface area contributed by atoms with Crippen LogP contribution in [0.1, 0.15) is 5.56 Å². The van der Waals surface area contributed by atoms with Crippen molar-refractivity contribution < 1.29 is 17.9 Å². The number of anilines is 1. The molecule has 0 fully saturated rings. The van der Waals surface area contributed by atoms with E-state index in [9.17, 15) is 13.2 Å². The molecule has 0 aliphatic heterocycles. The monoisotopic (exact) mass is 432 g/mol. The van der Waals surface area contributed by atoms with Gasteiger partial charge >= 0.3 is 6.36 Å². The fraction of sp³-hybridized carbons (Fsp3) is 0.143. The SMILES string of the molecule is FC(F)(F)Oc1ccc(CCNc2cc(Cl)nc(-c3cc4ccccc4[nH]3)n2)cc1. The summed E-state index contributed by atoms with van der Waals surface area (Å²) in [6.07, 6.45) is -4.12. The summed E-state index contributed by atoms with van der Waals surface area (Å²) in [5, 5.41) is 4.52. The normalized spacial score (nSPS) is 11.6. The molecule has 9 heteroatoms. The first-order chi connectivity index (χ1) is 14.4. The lowest BCUT2D eigenvalue weighted by Crippen LogP contribution is -2.17. The maximum Gasteiger partial charge on any atom is 0.573 e. The van der Waals surface area contributed by atoms with E-state index in [4.69, 9.17) is 11.6 Å². The summed E-state index contributed by atoms with van der Waals surface area (Å²) in [6, 6.07) is 17.2. The minimum absolute atomic E-state index is 0.246. The van der Waals surface area contributed by atoms with Crippen molar-refractivity contribution in [3.05, 3.63) is 71.4 Å². The highest BCUT2D eigenvalue weighted by atomic mass is 35.5. The van der Waals surface area contributed by atoms with Crippen LogP contribution in [0.3, 0.4) is 0 Å². The zero-order valence-electron chi connectivity index (χ0n) is 15.5. The molecule has 2 aromatic carbocycles. The first-order valence-electron chi connectivity index (χ1n) is 9.07. The zero-order valence-corrected chi connectivity index (χ0v) is 16.3. The van der Waals surface area contributed by atoms with Gasteiger partial charge in [-0.25, -0.2) is 9.97 Å². The molecule has 2 heterocycles. The molecule has 0 atom stereocenters. The van der Waals surface area contributed by atoms with Gasteiger partial charge in [-0.1, -0.05) is 41.9 Å². The third kappa shape index (κ3) is 5.01. The second-order valence-corrected chi connectivity index (χ2v) is 6.93. The molecule has 4 rings (SSSR count). The number of para-hydroxylation sites is 1. The van der Waals surface area contributed by atoms with Gasteiger partial charge in [-0.05, 0) is 36.2 Å². The Kier molecular flexibility index (Phi) is 5.50. The minimum atomic E-state index is -4.70. The second kappa shape index (κ2) is 8.23. The van der Waals surface area contributed by atoms with E-state index in [0.29, 0.717) is 29.8 Å². The molecule has 0 unspecified atom stereocenters. The fourth-order valence-corrected chi connectivity index (χ4v) is 3.20. The van der Waals surface area contributed by atoms with Crippen LogP contribution in [0.25, 0.3) is 22.4 Å². The summed E-state index contributed by atoms with van der Waals surface area (Å²) in [6.45, 7) is 0.513. The first-order valence-corrected chi connectivity index (χ1v) is 9.45. The van der Waals surface area contributed by atoms with Crippen molar-refractivity contribution in [2.75, 3.05) is 11.9 Å². The van der Waals surface area contributed by atoms with Crippen molar-refractivity contribution in [2.45, 2.75) is 12.8 Å². The predicted octanol–water partition coefficient (Wildman–Crippen LogP) is 5.83. The van der Waals surface area contributed by atoms with Gasteiger partial charge < -0.3 is 15.0 Å². The number of hydrogen-bond acceptors (Lipinski definition) is 4. The number of benzene rings is 2. The number of aromatic nitrogens is 3. The number of ether oxygens (including phenoxy) is 1. The van der Waals surface area contributed by atoms with Gasteiger partial charge in [-0.15, -0.1) is 13.2 Å². The molecule has 0 aliphatic rings. The van der Waals surface area contributed by atoms with Crippen LogP contribution in [-0.4, -0.2) is 27.9 Å². The summed E-state index contributed by atoms with van der Waals surface area (Å²) in [5.74, 6) is 0.778. The molecule has 0 saturated carbocycles. The van der Waals surface area contributed by atoms with Crippen LogP contribution in [0.5, 0.6) is 5.75 Å². The van der Waals surface area contributed by atoms with Crippen LogP contribution >= 0.6 is 11.6 Å². The molecule has 0 bridgehead atoms. The number of halogens is 4. The number of hydrogen-bond donors (Lipinski definition) is 2. The van der Waals surface area contributed by atoms with Crippen molar-refractivity contribution in [3.8, 4) is 17.3 Å². The molecule has 154 valence electrons. The van der Waals surface area contributed by atoms with E-state index in [0.717, 1.165) is 22.2 Å². The molecular formula is C21H16ClF3N4O. The number of aromatic amines is 1. The van der Waals surface area contributed by atoms with Crippen molar-refractivity contribution >= 4 is 28.3 Å². The van der Waals surface area contributed by atoms with E-state index in [2.05, 4.69) is 25.0 Å². The van der Waals surface area contributed by atoms with Crippen LogP contribution in [0.15, 0.2) is 60.7 Å². The van der Waals surface area contributed by atoms with Gasteiger partial charge in [0.1, 0.15) is 16.7 Å². The molecule has 0 amide bonds. The highest BCUT2D eigenvalue weighted by Crippen LogP contribution is 2.25. The van der Waals surface area contributed by atoms with Gasteiger partial charge in [0, 0.05) is 23.5 Å². The van der Waals surface area contributed by atoms with Gasteiger partial charge in [0.25, 0.3) is 0 Å². The van der Waals surface area contributed by atoms with Crippen LogP contribution in [0, 0.1) is 0 Å². The number of fused-ring (bicyclic) bond motifs is 1. The Morgan fingerprint density at radius 1 is 1.00 bits per heavy atom. The summed E-state index contributed by atoms with van der Waals surface area (Å²) in [4.78, 5) is 12.0. The molecule has 4 aromatic rings. The van der Waals surface area contributed by atoms with Gasteiger partial charge in [0.05, 0.1) is 5.69 Å². The average Bonchev–Trinajstić information content (AvgIpc) is 3.12. The van der Waals surface area contributed by atoms with E-state index >= 15 is 0 Å². The zero-order chi connectivity index (χ0) is 21.1. The molecule has 0 spiro atoms. The summed E-state index contributed by atoms with van der Waals surface area (Å²) < 4.78 is 40.5. The van der Waals surface area contributed by atoms with Crippen molar-refractivity contribution in [1.82, 2.24) is 15.0 Å². The third-order valence-electron chi connectivity index (χ3n) is 4.34. The number of rotatable bonds is 6. The van der Waals surface area contributed by atoms with Crippen molar-refractivity contribution in [1.29, 1.82) is 0 Å². The highest BCUT2D eigenvalue weighted by Gasteiger charge is 2.30. The second-order valence-electron chi connectivity index (χ2n) is 6.54. The Hall–Kier alpha value is -3.26. The lowest BCUT2D eigenvalue weighted by molar-refractivity contribution is -0.274. The number of nitrogens with zero attached hydrogens (tertiary/aromatic N) is 2. The highest BCUT2D eigenvalue weighted by molar-refractivity contribution is 6.29. The predicted molar refractivity (Wildman–Crippen MR) is 110 cm³/mol. The molecule has 2 aromatic heterocycles. The molecule has 30 heavy (non-hydrogen) atoms. The topological polar surface area (TPSA) is 62.8 Å². The van der Waals surface area contributed by atoms with Crippen LogP contribution in [0.2, 0.25) is 5.15 Å². The van der Waals surface area contributed by atoms with E-state index in [-0.39, 0.29) is 5.75 Å². The van der Waals surface area contributed by atoms with E-state index in [1.54, 1.807) is 18.2 Å². The van der Waals surface area contributed by atoms with Gasteiger partial charge in [0.15, 0.2) is 5.82 Å². The van der Waals surface area contributed by atoms with E-state index in [1.807, 2.05) is 30.3 Å². The molecule has 0 saturated heterocycles. The maximum atomic E-state index is 12.2. The maximum absolute atomic E-state index is 12.2. The van der Waals surface area contributed by atoms with Crippen LogP contribution < -0.4 is 10.1 Å². The van der Waals surface area contributed by atoms with Gasteiger partial charge in [-0.3, -0.25) is 0 Å². The smallest absolute Gasteiger partial charge is 0.406 e. The molecule has 0 aliphatic carbocycles. The van der Waals surface area contributed by atoms with Crippen molar-refractivity contribution in [3.63, 3.8) is 0 Å². The Labute approximate surface area is 174 Å². The third-order valence-corrected chi connectivity index (χ3v) is 4.54. The van der Waals surface area contributed by atoms with Crippen LogP contribution in [-0.2, 0) is 6.42 Å². The lowest BCUT2D eigenvalue weighted by atomic mass is 10.1. The molecule has 0 radical (unpaired) electrons. The molecule has 5 nitrogen and oxygen atoms in total. The standard InChI is InChI=1S/C21H16ClF3N4O/c22-18-12-19(26-10-9-13-5-7-15(8-6-13)30-21(23,24)25)29-20(28-18)17-11-14-3-1-2-4-16(14)27-17/h1-8,11-12,27H,9-10H2,(H,26,28,29). The van der Waals surface area contributed by atoms with Gasteiger partial charge in [0.2, 0.25) is 0 Å².